The molecule has 0 spiro atoms. The number of carbonyl (C=O) groups excluding carboxylic acids is 3. The van der Waals surface area contributed by atoms with Gasteiger partial charge in [-0.1, -0.05) is 19.3 Å². The molecule has 9 heteroatoms. The Kier molecular flexibility index (Phi) is 7.15. The zero-order valence-corrected chi connectivity index (χ0v) is 17.2. The van der Waals surface area contributed by atoms with E-state index in [0.29, 0.717) is 50.2 Å². The van der Waals surface area contributed by atoms with Gasteiger partial charge in [0.05, 0.1) is 12.8 Å². The fourth-order valence-electron chi connectivity index (χ4n) is 4.19. The van der Waals surface area contributed by atoms with Crippen LogP contribution in [0.3, 0.4) is 0 Å². The van der Waals surface area contributed by atoms with Crippen LogP contribution in [-0.4, -0.2) is 52.6 Å². The second-order valence-corrected chi connectivity index (χ2v) is 7.77. The zero-order valence-electron chi connectivity index (χ0n) is 17.2. The van der Waals surface area contributed by atoms with Crippen LogP contribution in [0.15, 0.2) is 12.1 Å². The molecule has 0 unspecified atom stereocenters. The van der Waals surface area contributed by atoms with Crippen molar-refractivity contribution < 1.29 is 29.4 Å². The summed E-state index contributed by atoms with van der Waals surface area (Å²) in [6.45, 7) is 0.807. The molecule has 2 aliphatic rings. The maximum absolute atomic E-state index is 13.3. The first kappa shape index (κ1) is 21.9. The van der Waals surface area contributed by atoms with Gasteiger partial charge in [-0.2, -0.15) is 0 Å². The van der Waals surface area contributed by atoms with Crippen molar-refractivity contribution in [2.24, 2.45) is 0 Å². The number of fused-ring (bicyclic) bond motifs is 2. The second-order valence-electron chi connectivity index (χ2n) is 7.77. The molecule has 0 aromatic heterocycles. The number of aromatic hydroxyl groups is 1. The van der Waals surface area contributed by atoms with Gasteiger partial charge in [0.2, 0.25) is 17.7 Å². The number of benzene rings is 1. The summed E-state index contributed by atoms with van der Waals surface area (Å²) in [6.07, 6.45) is 5.33. The number of phenols is 1. The number of hydrogen-bond donors (Lipinski definition) is 3. The highest BCUT2D eigenvalue weighted by atomic mass is 16.5. The van der Waals surface area contributed by atoms with E-state index in [2.05, 4.69) is 0 Å². The number of hydroxylamine groups is 1. The number of phenolic OH excluding ortho intramolecular Hbond substituents is 1. The molecular formula is C21H29N3O6. The van der Waals surface area contributed by atoms with Crippen LogP contribution in [0.25, 0.3) is 0 Å². The number of unbranched alkanes of at least 4 members (excludes halogenated alkanes) is 4. The topological polar surface area (TPSA) is 119 Å². The Hall–Kier alpha value is -2.81. The first-order valence-electron chi connectivity index (χ1n) is 10.4. The van der Waals surface area contributed by atoms with Crippen molar-refractivity contribution in [1.82, 2.24) is 10.4 Å². The number of nitrogens with one attached hydrogen (secondary N) is 1. The summed E-state index contributed by atoms with van der Waals surface area (Å²) in [6, 6.07) is 2.78. The van der Waals surface area contributed by atoms with E-state index >= 15 is 0 Å². The predicted molar refractivity (Wildman–Crippen MR) is 108 cm³/mol. The molecule has 30 heavy (non-hydrogen) atoms. The van der Waals surface area contributed by atoms with Gasteiger partial charge >= 0.3 is 0 Å². The van der Waals surface area contributed by atoms with Crippen molar-refractivity contribution in [1.29, 1.82) is 0 Å². The lowest BCUT2D eigenvalue weighted by atomic mass is 10.1. The quantitative estimate of drug-likeness (QED) is 0.320. The fourth-order valence-corrected chi connectivity index (χ4v) is 4.19. The summed E-state index contributed by atoms with van der Waals surface area (Å²) in [4.78, 5) is 39.9. The number of methoxy groups -OCH3 is 1. The molecule has 3 amide bonds. The third kappa shape index (κ3) is 4.67. The summed E-state index contributed by atoms with van der Waals surface area (Å²) in [7, 11) is 1.46. The SMILES string of the molecule is COc1cc2c(cc1O)CN1C(=O)CC[C@H]1C(=O)N2CCCCCCCC(=O)NO. The van der Waals surface area contributed by atoms with Crippen LogP contribution in [0.1, 0.15) is 56.9 Å². The van der Waals surface area contributed by atoms with Crippen LogP contribution in [0.5, 0.6) is 11.5 Å². The highest BCUT2D eigenvalue weighted by Gasteiger charge is 2.41. The minimum atomic E-state index is -0.463. The molecule has 1 aromatic rings. The van der Waals surface area contributed by atoms with Gasteiger partial charge in [-0.3, -0.25) is 19.6 Å². The number of nitrogens with zero attached hydrogens (tertiary/aromatic N) is 2. The van der Waals surface area contributed by atoms with Crippen molar-refractivity contribution in [3.8, 4) is 11.5 Å². The molecule has 2 heterocycles. The molecule has 164 valence electrons. The Morgan fingerprint density at radius 2 is 1.93 bits per heavy atom. The first-order valence-corrected chi connectivity index (χ1v) is 10.4. The summed E-state index contributed by atoms with van der Waals surface area (Å²) in [5, 5.41) is 18.7. The molecule has 0 radical (unpaired) electrons. The number of rotatable bonds is 9. The van der Waals surface area contributed by atoms with E-state index in [-0.39, 0.29) is 23.5 Å². The summed E-state index contributed by atoms with van der Waals surface area (Å²) < 4.78 is 5.23. The van der Waals surface area contributed by atoms with Crippen LogP contribution in [0.4, 0.5) is 5.69 Å². The molecule has 1 saturated heterocycles. The van der Waals surface area contributed by atoms with Gasteiger partial charge in [-0.05, 0) is 30.9 Å². The standard InChI is InChI=1S/C21H29N3O6/c1-30-18-12-16-14(11-17(18)25)13-24-15(8-9-20(24)27)21(28)23(16)10-6-4-2-3-5-7-19(26)22-29/h11-12,15,25,29H,2-10,13H2,1H3,(H,22,26)/t15-/m0/s1. The first-order chi connectivity index (χ1) is 14.5. The van der Waals surface area contributed by atoms with E-state index in [0.717, 1.165) is 31.2 Å². The van der Waals surface area contributed by atoms with Crippen LogP contribution < -0.4 is 15.1 Å². The molecule has 0 bridgehead atoms. The third-order valence-electron chi connectivity index (χ3n) is 5.80. The number of carbonyl (C=O) groups is 3. The molecule has 9 nitrogen and oxygen atoms in total. The second kappa shape index (κ2) is 9.80. The van der Waals surface area contributed by atoms with Gasteiger partial charge in [0.1, 0.15) is 6.04 Å². The van der Waals surface area contributed by atoms with Crippen LogP contribution in [-0.2, 0) is 20.9 Å². The van der Waals surface area contributed by atoms with Gasteiger partial charge in [-0.25, -0.2) is 5.48 Å². The number of anilines is 1. The fraction of sp³-hybridized carbons (Fsp3) is 0.571. The minimum absolute atomic E-state index is 0.0133. The zero-order chi connectivity index (χ0) is 21.7. The number of amides is 3. The van der Waals surface area contributed by atoms with Crippen molar-refractivity contribution in [2.45, 2.75) is 64.0 Å². The van der Waals surface area contributed by atoms with Gasteiger partial charge in [-0.15, -0.1) is 0 Å². The van der Waals surface area contributed by atoms with E-state index in [9.17, 15) is 19.5 Å². The van der Waals surface area contributed by atoms with E-state index in [1.54, 1.807) is 27.4 Å². The molecule has 3 rings (SSSR count). The van der Waals surface area contributed by atoms with Gasteiger partial charge < -0.3 is 19.6 Å². The predicted octanol–water partition coefficient (Wildman–Crippen LogP) is 2.08. The average Bonchev–Trinajstić information content (AvgIpc) is 3.05. The lowest BCUT2D eigenvalue weighted by Gasteiger charge is -2.26. The van der Waals surface area contributed by atoms with E-state index in [4.69, 9.17) is 9.94 Å². The molecule has 3 N–H and O–H groups in total. The van der Waals surface area contributed by atoms with Crippen LogP contribution in [0.2, 0.25) is 0 Å². The van der Waals surface area contributed by atoms with E-state index < -0.39 is 6.04 Å². The normalized spacial score (nSPS) is 18.1. The third-order valence-corrected chi connectivity index (χ3v) is 5.80. The molecule has 0 aliphatic carbocycles. The number of hydrogen-bond acceptors (Lipinski definition) is 6. The van der Waals surface area contributed by atoms with Gasteiger partial charge in [0.15, 0.2) is 11.5 Å². The highest BCUT2D eigenvalue weighted by molar-refractivity contribution is 6.02. The Morgan fingerprint density at radius 3 is 2.67 bits per heavy atom. The smallest absolute Gasteiger partial charge is 0.249 e. The summed E-state index contributed by atoms with van der Waals surface area (Å²) in [5.74, 6) is -0.229. The summed E-state index contributed by atoms with van der Waals surface area (Å²) in [5.41, 5.74) is 3.03. The largest absolute Gasteiger partial charge is 0.504 e. The lowest BCUT2D eigenvalue weighted by molar-refractivity contribution is -0.134. The van der Waals surface area contributed by atoms with Gasteiger partial charge in [0.25, 0.3) is 0 Å². The molecule has 1 aromatic carbocycles. The molecule has 1 fully saturated rings. The monoisotopic (exact) mass is 419 g/mol. The average molecular weight is 419 g/mol. The number of ether oxygens (including phenoxy) is 1. The van der Waals surface area contributed by atoms with Crippen molar-refractivity contribution in [3.63, 3.8) is 0 Å². The Bertz CT molecular complexity index is 812. The maximum atomic E-state index is 13.3. The van der Waals surface area contributed by atoms with Crippen LogP contribution >= 0.6 is 0 Å². The molecule has 1 atom stereocenters. The Balaban J connectivity index is 1.68. The molecule has 0 saturated carbocycles. The lowest BCUT2D eigenvalue weighted by Crippen LogP contribution is -2.44. The Morgan fingerprint density at radius 1 is 1.20 bits per heavy atom. The van der Waals surface area contributed by atoms with Gasteiger partial charge in [0, 0.05) is 32.0 Å². The van der Waals surface area contributed by atoms with Crippen molar-refractivity contribution in [3.05, 3.63) is 17.7 Å². The Labute approximate surface area is 175 Å². The molecule has 2 aliphatic heterocycles. The summed E-state index contributed by atoms with van der Waals surface area (Å²) >= 11 is 0. The van der Waals surface area contributed by atoms with E-state index in [1.165, 1.54) is 7.11 Å². The van der Waals surface area contributed by atoms with E-state index in [1.807, 2.05) is 0 Å². The van der Waals surface area contributed by atoms with Crippen molar-refractivity contribution in [2.75, 3.05) is 18.6 Å². The molecular weight excluding hydrogens is 390 g/mol. The van der Waals surface area contributed by atoms with Crippen molar-refractivity contribution >= 4 is 23.4 Å². The van der Waals surface area contributed by atoms with Crippen LogP contribution in [0, 0.1) is 0 Å². The highest BCUT2D eigenvalue weighted by Crippen LogP contribution is 2.39. The minimum Gasteiger partial charge on any atom is -0.504 e. The maximum Gasteiger partial charge on any atom is 0.249 e.